The fourth-order valence-corrected chi connectivity index (χ4v) is 4.10. The van der Waals surface area contributed by atoms with Gasteiger partial charge in [-0.25, -0.2) is 0 Å². The molecular weight excluding hydrogens is 469 g/mol. The number of benzene rings is 2. The Morgan fingerprint density at radius 1 is 0.778 bits per heavy atom. The Bertz CT molecular complexity index is 1120. The van der Waals surface area contributed by atoms with Crippen LogP contribution in [0.3, 0.4) is 0 Å². The van der Waals surface area contributed by atoms with E-state index in [0.717, 1.165) is 25.3 Å². The minimum absolute atomic E-state index is 0.242. The summed E-state index contributed by atoms with van der Waals surface area (Å²) >= 11 is 0. The molecule has 0 amide bonds. The van der Waals surface area contributed by atoms with E-state index in [4.69, 9.17) is 14.2 Å². The van der Waals surface area contributed by atoms with E-state index in [1.807, 2.05) is 0 Å². The zero-order valence-electron chi connectivity index (χ0n) is 21.2. The van der Waals surface area contributed by atoms with Crippen LogP contribution in [0.4, 0.5) is 18.9 Å². The van der Waals surface area contributed by atoms with Crippen molar-refractivity contribution in [1.29, 1.82) is 0 Å². The van der Waals surface area contributed by atoms with Crippen LogP contribution >= 0.6 is 0 Å². The summed E-state index contributed by atoms with van der Waals surface area (Å²) in [4.78, 5) is 4.28. The highest BCUT2D eigenvalue weighted by Crippen LogP contribution is 2.42. The van der Waals surface area contributed by atoms with Crippen LogP contribution in [0.1, 0.15) is 63.9 Å². The summed E-state index contributed by atoms with van der Waals surface area (Å²) in [6.45, 7) is 2.83. The average molecular weight is 505 g/mol. The van der Waals surface area contributed by atoms with E-state index in [0.29, 0.717) is 34.6 Å². The lowest BCUT2D eigenvalue weighted by molar-refractivity contribution is -0.138. The molecule has 0 bridgehead atoms. The third kappa shape index (κ3) is 7.42. The van der Waals surface area contributed by atoms with E-state index in [2.05, 4.69) is 17.2 Å². The highest BCUT2D eigenvalue weighted by molar-refractivity contribution is 5.88. The van der Waals surface area contributed by atoms with Crippen molar-refractivity contribution >= 4 is 16.6 Å². The van der Waals surface area contributed by atoms with E-state index in [-0.39, 0.29) is 11.5 Å². The molecule has 0 saturated carbocycles. The van der Waals surface area contributed by atoms with Gasteiger partial charge < -0.3 is 19.5 Å². The topological polar surface area (TPSA) is 52.6 Å². The molecule has 3 rings (SSSR count). The molecule has 5 nitrogen and oxygen atoms in total. The van der Waals surface area contributed by atoms with Gasteiger partial charge in [0.15, 0.2) is 11.5 Å². The molecule has 0 atom stereocenters. The molecule has 1 aromatic heterocycles. The summed E-state index contributed by atoms with van der Waals surface area (Å²) in [7, 11) is 2.99. The third-order valence-electron chi connectivity index (χ3n) is 6.07. The quantitative estimate of drug-likeness (QED) is 0.223. The molecule has 0 unspecified atom stereocenters. The van der Waals surface area contributed by atoms with Crippen LogP contribution in [0.2, 0.25) is 0 Å². The van der Waals surface area contributed by atoms with Gasteiger partial charge in [0.05, 0.1) is 19.7 Å². The van der Waals surface area contributed by atoms with Crippen molar-refractivity contribution in [3.63, 3.8) is 0 Å². The number of hydrogen-bond donors (Lipinski definition) is 1. The number of nitrogens with zero attached hydrogens (tertiary/aromatic N) is 1. The first-order valence-corrected chi connectivity index (χ1v) is 12.5. The monoisotopic (exact) mass is 504 g/mol. The normalized spacial score (nSPS) is 11.5. The van der Waals surface area contributed by atoms with Crippen molar-refractivity contribution in [2.45, 2.75) is 64.5 Å². The fourth-order valence-electron chi connectivity index (χ4n) is 4.10. The Morgan fingerprint density at radius 3 is 2.11 bits per heavy atom. The number of anilines is 1. The van der Waals surface area contributed by atoms with Crippen LogP contribution in [0.25, 0.3) is 10.9 Å². The molecule has 3 aromatic rings. The van der Waals surface area contributed by atoms with Gasteiger partial charge in [-0.1, -0.05) is 51.9 Å². The van der Waals surface area contributed by atoms with Gasteiger partial charge in [-0.05, 0) is 36.8 Å². The van der Waals surface area contributed by atoms with Crippen molar-refractivity contribution in [1.82, 2.24) is 4.98 Å². The number of pyridine rings is 1. The number of unbranched alkanes of at least 4 members (excludes halogenated alkanes) is 7. The Labute approximate surface area is 211 Å². The maximum absolute atomic E-state index is 13.9. The summed E-state index contributed by atoms with van der Waals surface area (Å²) in [5.74, 6) is 0.866. The van der Waals surface area contributed by atoms with E-state index >= 15 is 0 Å². The van der Waals surface area contributed by atoms with Crippen molar-refractivity contribution < 1.29 is 27.4 Å². The number of aromatic nitrogens is 1. The number of alkyl halides is 3. The van der Waals surface area contributed by atoms with E-state index in [1.165, 1.54) is 64.7 Å². The summed E-state index contributed by atoms with van der Waals surface area (Å²) in [6.07, 6.45) is 6.31. The molecule has 36 heavy (non-hydrogen) atoms. The average Bonchev–Trinajstić information content (AvgIpc) is 2.87. The molecule has 0 spiro atoms. The molecular formula is C28H35F3N2O3. The van der Waals surface area contributed by atoms with Gasteiger partial charge in [-0.2, -0.15) is 13.2 Å². The second kappa shape index (κ2) is 13.2. The molecule has 1 heterocycles. The largest absolute Gasteiger partial charge is 0.493 e. The van der Waals surface area contributed by atoms with Gasteiger partial charge in [0.25, 0.3) is 0 Å². The van der Waals surface area contributed by atoms with Gasteiger partial charge in [-0.3, -0.25) is 4.98 Å². The smallest absolute Gasteiger partial charge is 0.420 e. The van der Waals surface area contributed by atoms with Gasteiger partial charge in [0.1, 0.15) is 17.1 Å². The van der Waals surface area contributed by atoms with Crippen molar-refractivity contribution in [3.8, 4) is 23.0 Å². The molecule has 2 aromatic carbocycles. The van der Waals surface area contributed by atoms with Crippen molar-refractivity contribution in [3.05, 3.63) is 48.2 Å². The minimum atomic E-state index is -4.57. The zero-order valence-corrected chi connectivity index (χ0v) is 21.2. The molecule has 0 aliphatic carbocycles. The van der Waals surface area contributed by atoms with Gasteiger partial charge in [0, 0.05) is 29.9 Å². The Morgan fingerprint density at radius 2 is 1.44 bits per heavy atom. The highest BCUT2D eigenvalue weighted by Gasteiger charge is 2.35. The van der Waals surface area contributed by atoms with Gasteiger partial charge >= 0.3 is 6.18 Å². The maximum atomic E-state index is 13.9. The second-order valence-electron chi connectivity index (χ2n) is 8.75. The van der Waals surface area contributed by atoms with Gasteiger partial charge in [0.2, 0.25) is 0 Å². The molecule has 0 saturated heterocycles. The van der Waals surface area contributed by atoms with E-state index in [9.17, 15) is 13.2 Å². The molecule has 1 N–H and O–H groups in total. The third-order valence-corrected chi connectivity index (χ3v) is 6.07. The van der Waals surface area contributed by atoms with Crippen molar-refractivity contribution in [2.24, 2.45) is 0 Å². The van der Waals surface area contributed by atoms with Crippen LogP contribution in [0.15, 0.2) is 42.6 Å². The Hall–Kier alpha value is -3.16. The van der Waals surface area contributed by atoms with E-state index in [1.54, 1.807) is 18.2 Å². The number of halogens is 3. The number of methoxy groups -OCH3 is 2. The summed E-state index contributed by atoms with van der Waals surface area (Å²) in [6, 6.07) is 8.90. The number of ether oxygens (including phenoxy) is 3. The predicted octanol–water partition coefficient (Wildman–Crippen LogP) is 8.62. The van der Waals surface area contributed by atoms with E-state index < -0.39 is 11.7 Å². The fraction of sp³-hybridized carbons (Fsp3) is 0.464. The molecule has 0 fully saturated rings. The molecule has 196 valence electrons. The molecule has 0 aliphatic rings. The first-order valence-electron chi connectivity index (χ1n) is 12.5. The zero-order chi connectivity index (χ0) is 26.0. The number of rotatable bonds is 14. The predicted molar refractivity (Wildman–Crippen MR) is 137 cm³/mol. The summed E-state index contributed by atoms with van der Waals surface area (Å²) in [5.41, 5.74) is 0.0971. The highest BCUT2D eigenvalue weighted by atomic mass is 19.4. The molecule has 0 aliphatic heterocycles. The SMILES string of the molecule is CCCCCCCCCCNc1ccc(Oc2ccnc3cc(OC)c(OC)cc23)c(C(F)(F)F)c1. The standard InChI is InChI=1S/C28H35F3N2O3/c1-4-5-6-7-8-9-10-11-15-32-20-12-13-25(22(17-20)28(29,30)31)36-24-14-16-33-23-19-27(35-3)26(34-2)18-21(23)24/h12-14,16-19,32H,4-11,15H2,1-3H3. The first kappa shape index (κ1) is 27.4. The lowest BCUT2D eigenvalue weighted by Crippen LogP contribution is -2.09. The van der Waals surface area contributed by atoms with Crippen LogP contribution in [0.5, 0.6) is 23.0 Å². The van der Waals surface area contributed by atoms with Crippen LogP contribution in [0, 0.1) is 0 Å². The van der Waals surface area contributed by atoms with Crippen LogP contribution < -0.4 is 19.5 Å². The van der Waals surface area contributed by atoms with Crippen LogP contribution in [-0.2, 0) is 6.18 Å². The number of nitrogens with one attached hydrogen (secondary N) is 1. The maximum Gasteiger partial charge on any atom is 0.420 e. The summed E-state index contributed by atoms with van der Waals surface area (Å²) in [5, 5.41) is 3.63. The Balaban J connectivity index is 1.71. The minimum Gasteiger partial charge on any atom is -0.493 e. The first-order chi connectivity index (χ1) is 17.4. The molecule has 8 heteroatoms. The Kier molecular flexibility index (Phi) is 10.1. The number of hydrogen-bond acceptors (Lipinski definition) is 5. The number of fused-ring (bicyclic) bond motifs is 1. The second-order valence-corrected chi connectivity index (χ2v) is 8.75. The lowest BCUT2D eigenvalue weighted by Gasteiger charge is -2.17. The molecule has 0 radical (unpaired) electrons. The lowest BCUT2D eigenvalue weighted by atomic mass is 10.1. The van der Waals surface area contributed by atoms with Crippen molar-refractivity contribution in [2.75, 3.05) is 26.1 Å². The summed E-state index contributed by atoms with van der Waals surface area (Å²) < 4.78 is 58.2. The van der Waals surface area contributed by atoms with Crippen LogP contribution in [-0.4, -0.2) is 25.7 Å². The van der Waals surface area contributed by atoms with Gasteiger partial charge in [-0.15, -0.1) is 0 Å².